The van der Waals surface area contributed by atoms with Gasteiger partial charge in [-0.05, 0) is 36.8 Å². The number of aryl methyl sites for hydroxylation is 1. The Kier molecular flexibility index (Phi) is 4.17. The van der Waals surface area contributed by atoms with Crippen LogP contribution >= 0.6 is 11.6 Å². The van der Waals surface area contributed by atoms with Crippen molar-refractivity contribution in [2.45, 2.75) is 6.92 Å². The minimum Gasteiger partial charge on any atom is -0.495 e. The molecule has 0 aliphatic rings. The molecule has 0 bridgehead atoms. The molecule has 0 atom stereocenters. The highest BCUT2D eigenvalue weighted by Gasteiger charge is 2.14. The van der Waals surface area contributed by atoms with Crippen molar-refractivity contribution >= 4 is 34.1 Å². The molecule has 0 radical (unpaired) electrons. The van der Waals surface area contributed by atoms with Crippen molar-refractivity contribution in [1.29, 1.82) is 0 Å². The number of hydrogen-bond donors (Lipinski definition) is 1. The van der Waals surface area contributed by atoms with Gasteiger partial charge in [0.15, 0.2) is 0 Å². The molecule has 3 rings (SSSR count). The van der Waals surface area contributed by atoms with Gasteiger partial charge >= 0.3 is 0 Å². The van der Waals surface area contributed by atoms with Gasteiger partial charge in [0.05, 0.1) is 18.3 Å². The Morgan fingerprint density at radius 1 is 1.22 bits per heavy atom. The largest absolute Gasteiger partial charge is 0.495 e. The molecule has 0 aliphatic carbocycles. The van der Waals surface area contributed by atoms with Gasteiger partial charge < -0.3 is 10.1 Å². The summed E-state index contributed by atoms with van der Waals surface area (Å²) in [5, 5.41) is 4.28. The topological polar surface area (TPSA) is 51.2 Å². The van der Waals surface area contributed by atoms with Crippen molar-refractivity contribution in [3.63, 3.8) is 0 Å². The predicted molar refractivity (Wildman–Crippen MR) is 92.4 cm³/mol. The lowest BCUT2D eigenvalue weighted by molar-refractivity contribution is 0.102. The summed E-state index contributed by atoms with van der Waals surface area (Å²) in [5.74, 6) is 0.302. The molecule has 1 heterocycles. The van der Waals surface area contributed by atoms with Gasteiger partial charge in [-0.1, -0.05) is 23.7 Å². The van der Waals surface area contributed by atoms with Crippen LogP contribution in [0.15, 0.2) is 48.7 Å². The molecule has 2 aromatic carbocycles. The zero-order valence-electron chi connectivity index (χ0n) is 12.8. The first-order chi connectivity index (χ1) is 11.1. The SMILES string of the molecule is COc1cc(Cl)c(C)cc1NC(=O)c1cccc2ncccc12. The van der Waals surface area contributed by atoms with Crippen molar-refractivity contribution in [1.82, 2.24) is 4.98 Å². The van der Waals surface area contributed by atoms with Gasteiger partial charge in [0.25, 0.3) is 5.91 Å². The van der Waals surface area contributed by atoms with E-state index in [-0.39, 0.29) is 5.91 Å². The van der Waals surface area contributed by atoms with Crippen LogP contribution in [0.25, 0.3) is 10.9 Å². The fourth-order valence-corrected chi connectivity index (χ4v) is 2.57. The monoisotopic (exact) mass is 326 g/mol. The standard InChI is InChI=1S/C18H15ClN2O2/c1-11-9-16(17(23-2)10-14(11)19)21-18(22)13-5-3-7-15-12(13)6-4-8-20-15/h3-10H,1-2H3,(H,21,22). The van der Waals surface area contributed by atoms with Crippen LogP contribution in [0, 0.1) is 6.92 Å². The Labute approximate surface area is 139 Å². The quantitative estimate of drug-likeness (QED) is 0.773. The lowest BCUT2D eigenvalue weighted by Crippen LogP contribution is -2.13. The van der Waals surface area contributed by atoms with E-state index in [4.69, 9.17) is 16.3 Å². The number of hydrogen-bond acceptors (Lipinski definition) is 3. The number of nitrogens with one attached hydrogen (secondary N) is 1. The molecular formula is C18H15ClN2O2. The van der Waals surface area contributed by atoms with Crippen LogP contribution in [0.2, 0.25) is 5.02 Å². The van der Waals surface area contributed by atoms with Crippen LogP contribution in [0.4, 0.5) is 5.69 Å². The minimum atomic E-state index is -0.219. The lowest BCUT2D eigenvalue weighted by atomic mass is 10.1. The van der Waals surface area contributed by atoms with Crippen molar-refractivity contribution < 1.29 is 9.53 Å². The van der Waals surface area contributed by atoms with Crippen molar-refractivity contribution in [3.8, 4) is 5.75 Å². The molecule has 116 valence electrons. The van der Waals surface area contributed by atoms with Crippen LogP contribution in [-0.4, -0.2) is 18.0 Å². The van der Waals surface area contributed by atoms with Crippen LogP contribution < -0.4 is 10.1 Å². The van der Waals surface area contributed by atoms with Gasteiger partial charge in [-0.2, -0.15) is 0 Å². The average molecular weight is 327 g/mol. The van der Waals surface area contributed by atoms with E-state index in [9.17, 15) is 4.79 Å². The smallest absolute Gasteiger partial charge is 0.256 e. The molecule has 0 saturated heterocycles. The highest BCUT2D eigenvalue weighted by Crippen LogP contribution is 2.31. The third kappa shape index (κ3) is 2.98. The summed E-state index contributed by atoms with van der Waals surface area (Å²) in [6.07, 6.45) is 1.70. The van der Waals surface area contributed by atoms with Gasteiger partial charge in [-0.3, -0.25) is 9.78 Å². The highest BCUT2D eigenvalue weighted by molar-refractivity contribution is 6.31. The Morgan fingerprint density at radius 3 is 2.83 bits per heavy atom. The zero-order valence-corrected chi connectivity index (χ0v) is 13.5. The minimum absolute atomic E-state index is 0.219. The molecule has 23 heavy (non-hydrogen) atoms. The van der Waals surface area contributed by atoms with Crippen LogP contribution in [-0.2, 0) is 0 Å². The van der Waals surface area contributed by atoms with Gasteiger partial charge in [0, 0.05) is 28.2 Å². The van der Waals surface area contributed by atoms with Gasteiger partial charge in [-0.15, -0.1) is 0 Å². The number of carbonyl (C=O) groups is 1. The highest BCUT2D eigenvalue weighted by atomic mass is 35.5. The van der Waals surface area contributed by atoms with Crippen LogP contribution in [0.1, 0.15) is 15.9 Å². The zero-order chi connectivity index (χ0) is 16.4. The summed E-state index contributed by atoms with van der Waals surface area (Å²) < 4.78 is 5.29. The van der Waals surface area contributed by atoms with E-state index in [0.717, 1.165) is 16.5 Å². The molecule has 0 unspecified atom stereocenters. The summed E-state index contributed by atoms with van der Waals surface area (Å²) in [6.45, 7) is 1.87. The molecule has 1 amide bonds. The molecule has 0 fully saturated rings. The number of carbonyl (C=O) groups excluding carboxylic acids is 1. The number of pyridine rings is 1. The average Bonchev–Trinajstić information content (AvgIpc) is 2.57. The fraction of sp³-hybridized carbons (Fsp3) is 0.111. The Bertz CT molecular complexity index is 888. The predicted octanol–water partition coefficient (Wildman–Crippen LogP) is 4.46. The molecular weight excluding hydrogens is 312 g/mol. The third-order valence-corrected chi connectivity index (χ3v) is 4.03. The molecule has 0 aliphatic heterocycles. The van der Waals surface area contributed by atoms with Crippen molar-refractivity contribution in [2.24, 2.45) is 0 Å². The number of benzene rings is 2. The third-order valence-electron chi connectivity index (χ3n) is 3.62. The number of ether oxygens (including phenoxy) is 1. The maximum absolute atomic E-state index is 12.7. The summed E-state index contributed by atoms with van der Waals surface area (Å²) in [7, 11) is 1.54. The van der Waals surface area contributed by atoms with E-state index in [1.807, 2.05) is 31.2 Å². The Balaban J connectivity index is 2.00. The van der Waals surface area contributed by atoms with E-state index in [0.29, 0.717) is 22.0 Å². The Hall–Kier alpha value is -2.59. The normalized spacial score (nSPS) is 10.6. The summed E-state index contributed by atoms with van der Waals surface area (Å²) in [6, 6.07) is 12.6. The maximum atomic E-state index is 12.7. The molecule has 3 aromatic rings. The number of fused-ring (bicyclic) bond motifs is 1. The van der Waals surface area contributed by atoms with Crippen LogP contribution in [0.5, 0.6) is 5.75 Å². The number of anilines is 1. The second-order valence-electron chi connectivity index (χ2n) is 5.13. The number of rotatable bonds is 3. The fourth-order valence-electron chi connectivity index (χ4n) is 2.42. The summed E-state index contributed by atoms with van der Waals surface area (Å²) >= 11 is 6.10. The number of halogens is 1. The molecule has 1 aromatic heterocycles. The van der Waals surface area contributed by atoms with E-state index < -0.39 is 0 Å². The first kappa shape index (κ1) is 15.3. The number of amides is 1. The summed E-state index contributed by atoms with van der Waals surface area (Å²) in [5.41, 5.74) is 2.78. The van der Waals surface area contributed by atoms with Gasteiger partial charge in [0.2, 0.25) is 0 Å². The number of nitrogens with zero attached hydrogens (tertiary/aromatic N) is 1. The van der Waals surface area contributed by atoms with Crippen molar-refractivity contribution in [2.75, 3.05) is 12.4 Å². The molecule has 5 heteroatoms. The molecule has 0 saturated carbocycles. The lowest BCUT2D eigenvalue weighted by Gasteiger charge is -2.13. The van der Waals surface area contributed by atoms with Gasteiger partial charge in [0.1, 0.15) is 5.75 Å². The van der Waals surface area contributed by atoms with E-state index in [2.05, 4.69) is 10.3 Å². The van der Waals surface area contributed by atoms with E-state index in [1.54, 1.807) is 31.5 Å². The summed E-state index contributed by atoms with van der Waals surface area (Å²) in [4.78, 5) is 16.9. The van der Waals surface area contributed by atoms with Gasteiger partial charge in [-0.25, -0.2) is 0 Å². The second-order valence-corrected chi connectivity index (χ2v) is 5.54. The molecule has 0 spiro atoms. The first-order valence-corrected chi connectivity index (χ1v) is 7.47. The van der Waals surface area contributed by atoms with E-state index >= 15 is 0 Å². The van der Waals surface area contributed by atoms with Crippen molar-refractivity contribution in [3.05, 3.63) is 64.8 Å². The number of aromatic nitrogens is 1. The van der Waals surface area contributed by atoms with E-state index in [1.165, 1.54) is 0 Å². The first-order valence-electron chi connectivity index (χ1n) is 7.09. The maximum Gasteiger partial charge on any atom is 0.256 e. The second kappa shape index (κ2) is 6.26. The molecule has 4 nitrogen and oxygen atoms in total. The number of methoxy groups -OCH3 is 1. The molecule has 1 N–H and O–H groups in total. The Morgan fingerprint density at radius 2 is 2.04 bits per heavy atom. The van der Waals surface area contributed by atoms with Crippen LogP contribution in [0.3, 0.4) is 0 Å².